The van der Waals surface area contributed by atoms with Crippen molar-refractivity contribution < 1.29 is 43.7 Å². The van der Waals surface area contributed by atoms with Gasteiger partial charge in [0.25, 0.3) is 0 Å². The first-order valence-electron chi connectivity index (χ1n) is 6.90. The fraction of sp³-hybridized carbons (Fsp3) is 0.267. The first-order valence-corrected chi connectivity index (χ1v) is 8.30. The standard InChI is InChI=1S/C15H10F6O4S/c16-14(17,18)12-7-10(9-3-1-2-4-9)5-6-11(12)8-13(22)25-26(23,24)15(19,20)21/h1-7,9H,8H2. The SMILES string of the molecule is O=C(Cc1ccc(C2C=CC=C2)cc1C(F)(F)F)OS(=O)(=O)C(F)(F)F. The van der Waals surface area contributed by atoms with Gasteiger partial charge in [0.2, 0.25) is 0 Å². The number of rotatable bonds is 4. The van der Waals surface area contributed by atoms with Crippen LogP contribution in [0.2, 0.25) is 0 Å². The van der Waals surface area contributed by atoms with Crippen molar-refractivity contribution in [1.29, 1.82) is 0 Å². The van der Waals surface area contributed by atoms with Gasteiger partial charge >= 0.3 is 27.8 Å². The van der Waals surface area contributed by atoms with Crippen molar-refractivity contribution in [2.75, 3.05) is 0 Å². The van der Waals surface area contributed by atoms with E-state index in [1.165, 1.54) is 6.07 Å². The van der Waals surface area contributed by atoms with Gasteiger partial charge in [-0.1, -0.05) is 36.4 Å². The summed E-state index contributed by atoms with van der Waals surface area (Å²) in [5.74, 6) is -2.39. The summed E-state index contributed by atoms with van der Waals surface area (Å²) >= 11 is 0. The topological polar surface area (TPSA) is 60.4 Å². The molecule has 142 valence electrons. The maximum atomic E-state index is 13.2. The third-order valence-corrected chi connectivity index (χ3v) is 4.37. The Balaban J connectivity index is 2.30. The number of benzene rings is 1. The summed E-state index contributed by atoms with van der Waals surface area (Å²) in [6.07, 6.45) is 0.316. The molecular weight excluding hydrogens is 390 g/mol. The van der Waals surface area contributed by atoms with Gasteiger partial charge in [0, 0.05) is 5.92 Å². The zero-order chi connectivity index (χ0) is 19.8. The van der Waals surface area contributed by atoms with Gasteiger partial charge in [0.15, 0.2) is 0 Å². The molecule has 0 aromatic heterocycles. The molecule has 0 radical (unpaired) electrons. The molecule has 0 amide bonds. The average Bonchev–Trinajstić information content (AvgIpc) is 2.98. The third kappa shape index (κ3) is 4.45. The van der Waals surface area contributed by atoms with E-state index in [1.54, 1.807) is 24.3 Å². The lowest BCUT2D eigenvalue weighted by Crippen LogP contribution is -2.29. The lowest BCUT2D eigenvalue weighted by atomic mass is 9.94. The minimum Gasteiger partial charge on any atom is -0.339 e. The van der Waals surface area contributed by atoms with Gasteiger partial charge in [-0.05, 0) is 17.2 Å². The normalized spacial score (nSPS) is 15.5. The molecule has 2 rings (SSSR count). The number of halogens is 6. The Morgan fingerprint density at radius 1 is 1.04 bits per heavy atom. The predicted molar refractivity (Wildman–Crippen MR) is 77.2 cm³/mol. The Bertz CT molecular complexity index is 853. The van der Waals surface area contributed by atoms with Gasteiger partial charge in [-0.25, -0.2) is 0 Å². The Kier molecular flexibility index (Phi) is 5.22. The van der Waals surface area contributed by atoms with Gasteiger partial charge in [0.1, 0.15) is 0 Å². The van der Waals surface area contributed by atoms with Crippen LogP contribution in [0.3, 0.4) is 0 Å². The van der Waals surface area contributed by atoms with Crippen LogP contribution < -0.4 is 0 Å². The van der Waals surface area contributed by atoms with E-state index in [0.29, 0.717) is 0 Å². The van der Waals surface area contributed by atoms with Gasteiger partial charge in [-0.15, -0.1) is 0 Å². The molecule has 1 aromatic carbocycles. The minimum atomic E-state index is -6.24. The average molecular weight is 400 g/mol. The highest BCUT2D eigenvalue weighted by molar-refractivity contribution is 7.88. The van der Waals surface area contributed by atoms with E-state index in [1.807, 2.05) is 0 Å². The molecule has 26 heavy (non-hydrogen) atoms. The molecular formula is C15H10F6O4S. The Labute approximate surface area is 143 Å². The Morgan fingerprint density at radius 3 is 2.12 bits per heavy atom. The van der Waals surface area contributed by atoms with E-state index in [9.17, 15) is 39.6 Å². The van der Waals surface area contributed by atoms with E-state index in [0.717, 1.165) is 12.1 Å². The second-order valence-corrected chi connectivity index (χ2v) is 6.78. The summed E-state index contributed by atoms with van der Waals surface area (Å²) in [5.41, 5.74) is -7.57. The number of hydrogen-bond donors (Lipinski definition) is 0. The minimum absolute atomic E-state index is 0.252. The Hall–Kier alpha value is -2.30. The number of hydrogen-bond acceptors (Lipinski definition) is 4. The zero-order valence-electron chi connectivity index (χ0n) is 12.6. The van der Waals surface area contributed by atoms with Crippen LogP contribution in [0.4, 0.5) is 26.3 Å². The highest BCUT2D eigenvalue weighted by Gasteiger charge is 2.49. The molecule has 0 unspecified atom stereocenters. The molecule has 1 aliphatic carbocycles. The molecule has 0 saturated heterocycles. The molecule has 1 aliphatic rings. The monoisotopic (exact) mass is 400 g/mol. The van der Waals surface area contributed by atoms with Crippen molar-refractivity contribution in [3.63, 3.8) is 0 Å². The fourth-order valence-corrected chi connectivity index (χ4v) is 2.63. The smallest absolute Gasteiger partial charge is 0.339 e. The van der Waals surface area contributed by atoms with E-state index >= 15 is 0 Å². The van der Waals surface area contributed by atoms with Crippen molar-refractivity contribution in [2.24, 2.45) is 0 Å². The second kappa shape index (κ2) is 6.78. The summed E-state index contributed by atoms with van der Waals surface area (Å²) in [7, 11) is -6.24. The summed E-state index contributed by atoms with van der Waals surface area (Å²) < 4.78 is 101. The van der Waals surface area contributed by atoms with Crippen molar-refractivity contribution in [1.82, 2.24) is 0 Å². The number of allylic oxidation sites excluding steroid dienone is 4. The molecule has 0 atom stereocenters. The molecule has 0 bridgehead atoms. The predicted octanol–water partition coefficient (Wildman–Crippen LogP) is 3.85. The number of carbonyl (C=O) groups is 1. The van der Waals surface area contributed by atoms with E-state index in [4.69, 9.17) is 0 Å². The summed E-state index contributed by atoms with van der Waals surface area (Å²) in [5, 5.41) is 0. The van der Waals surface area contributed by atoms with E-state index in [2.05, 4.69) is 4.18 Å². The summed E-state index contributed by atoms with van der Waals surface area (Å²) in [6, 6.07) is 2.92. The van der Waals surface area contributed by atoms with Gasteiger partial charge in [-0.2, -0.15) is 34.8 Å². The van der Waals surface area contributed by atoms with Crippen LogP contribution >= 0.6 is 0 Å². The maximum absolute atomic E-state index is 13.2. The van der Waals surface area contributed by atoms with Crippen LogP contribution in [-0.2, 0) is 31.7 Å². The highest BCUT2D eigenvalue weighted by Crippen LogP contribution is 2.36. The van der Waals surface area contributed by atoms with Crippen molar-refractivity contribution in [3.05, 3.63) is 59.2 Å². The molecule has 1 aromatic rings. The number of alkyl halides is 6. The molecule has 4 nitrogen and oxygen atoms in total. The quantitative estimate of drug-likeness (QED) is 0.438. The van der Waals surface area contributed by atoms with E-state index in [-0.39, 0.29) is 5.56 Å². The molecule has 0 N–H and O–H groups in total. The van der Waals surface area contributed by atoms with Crippen molar-refractivity contribution in [3.8, 4) is 0 Å². The fourth-order valence-electron chi connectivity index (χ4n) is 2.23. The van der Waals surface area contributed by atoms with Gasteiger partial charge < -0.3 is 4.18 Å². The number of carbonyl (C=O) groups excluding carboxylic acids is 1. The molecule has 0 spiro atoms. The van der Waals surface area contributed by atoms with Crippen LogP contribution in [0, 0.1) is 0 Å². The molecule has 0 heterocycles. The largest absolute Gasteiger partial charge is 0.534 e. The first-order chi connectivity index (χ1) is 11.8. The van der Waals surface area contributed by atoms with Crippen LogP contribution in [0.25, 0.3) is 0 Å². The van der Waals surface area contributed by atoms with Gasteiger partial charge in [-0.3, -0.25) is 4.79 Å². The van der Waals surface area contributed by atoms with Crippen LogP contribution in [-0.4, -0.2) is 19.9 Å². The third-order valence-electron chi connectivity index (χ3n) is 3.39. The lowest BCUT2D eigenvalue weighted by Gasteiger charge is -2.16. The highest BCUT2D eigenvalue weighted by atomic mass is 32.2. The molecule has 0 saturated carbocycles. The summed E-state index contributed by atoms with van der Waals surface area (Å²) in [4.78, 5) is 11.4. The molecule has 0 fully saturated rings. The second-order valence-electron chi connectivity index (χ2n) is 5.24. The van der Waals surface area contributed by atoms with Crippen LogP contribution in [0.1, 0.15) is 22.6 Å². The molecule has 0 aliphatic heterocycles. The lowest BCUT2D eigenvalue weighted by molar-refractivity contribution is -0.139. The van der Waals surface area contributed by atoms with Crippen molar-refractivity contribution >= 4 is 16.1 Å². The molecule has 11 heteroatoms. The van der Waals surface area contributed by atoms with Gasteiger partial charge in [0.05, 0.1) is 12.0 Å². The van der Waals surface area contributed by atoms with Crippen LogP contribution in [0.15, 0.2) is 42.5 Å². The van der Waals surface area contributed by atoms with Crippen LogP contribution in [0.5, 0.6) is 0 Å². The zero-order valence-corrected chi connectivity index (χ0v) is 13.5. The summed E-state index contributed by atoms with van der Waals surface area (Å²) in [6.45, 7) is 0. The Morgan fingerprint density at radius 2 is 1.62 bits per heavy atom. The van der Waals surface area contributed by atoms with Crippen molar-refractivity contribution in [2.45, 2.75) is 24.0 Å². The van der Waals surface area contributed by atoms with E-state index < -0.39 is 51.2 Å². The maximum Gasteiger partial charge on any atom is 0.534 e. The first kappa shape index (κ1) is 20.0.